The second kappa shape index (κ2) is 5.57. The van der Waals surface area contributed by atoms with Gasteiger partial charge in [-0.1, -0.05) is 46.3 Å². The van der Waals surface area contributed by atoms with E-state index < -0.39 is 17.9 Å². The minimum Gasteiger partial charge on any atom is -0.481 e. The molecular weight excluding hydrogens is 346 g/mol. The van der Waals surface area contributed by atoms with Crippen LogP contribution in [0.15, 0.2) is 53.0 Å². The largest absolute Gasteiger partial charge is 0.481 e. The minimum absolute atomic E-state index is 0.152. The highest BCUT2D eigenvalue weighted by Crippen LogP contribution is 2.42. The van der Waals surface area contributed by atoms with Crippen LogP contribution in [0.25, 0.3) is 0 Å². The van der Waals surface area contributed by atoms with E-state index in [0.29, 0.717) is 11.1 Å². The molecule has 0 fully saturated rings. The number of hydrogen-bond acceptors (Lipinski definition) is 2. The number of carbonyl (C=O) groups excluding carboxylic acids is 1. The summed E-state index contributed by atoms with van der Waals surface area (Å²) >= 11 is 3.37. The van der Waals surface area contributed by atoms with Gasteiger partial charge in [0.1, 0.15) is 5.92 Å². The Morgan fingerprint density at radius 3 is 2.41 bits per heavy atom. The summed E-state index contributed by atoms with van der Waals surface area (Å²) in [5.41, 5.74) is 1.85. The third kappa shape index (κ3) is 2.31. The number of halogens is 1. The van der Waals surface area contributed by atoms with Crippen molar-refractivity contribution in [3.63, 3.8) is 0 Å². The monoisotopic (exact) mass is 359 g/mol. The summed E-state index contributed by atoms with van der Waals surface area (Å²) in [6, 6.07) is 13.8. The summed E-state index contributed by atoms with van der Waals surface area (Å²) in [5, 5.41) is 9.73. The summed E-state index contributed by atoms with van der Waals surface area (Å²) < 4.78 is 0.910. The van der Waals surface area contributed by atoms with Crippen LogP contribution in [-0.2, 0) is 4.79 Å². The van der Waals surface area contributed by atoms with Crippen LogP contribution in [0.1, 0.15) is 33.4 Å². The van der Waals surface area contributed by atoms with Crippen LogP contribution < -0.4 is 0 Å². The van der Waals surface area contributed by atoms with Crippen molar-refractivity contribution < 1.29 is 14.7 Å². The highest BCUT2D eigenvalue weighted by Gasteiger charge is 2.42. The Morgan fingerprint density at radius 1 is 1.14 bits per heavy atom. The Balaban J connectivity index is 2.18. The highest BCUT2D eigenvalue weighted by molar-refractivity contribution is 9.10. The minimum atomic E-state index is -0.931. The average Bonchev–Trinajstić information content (AvgIpc) is 2.51. The molecule has 0 bridgehead atoms. The molecule has 0 unspecified atom stereocenters. The topological polar surface area (TPSA) is 57.6 Å². The van der Waals surface area contributed by atoms with E-state index in [9.17, 15) is 14.7 Å². The van der Waals surface area contributed by atoms with E-state index in [0.717, 1.165) is 10.0 Å². The zero-order chi connectivity index (χ0) is 15.9. The number of amides is 1. The van der Waals surface area contributed by atoms with E-state index in [2.05, 4.69) is 15.9 Å². The molecule has 1 aliphatic heterocycles. The molecule has 1 N–H and O–H groups in total. The number of rotatable bonds is 2. The van der Waals surface area contributed by atoms with Gasteiger partial charge >= 0.3 is 5.97 Å². The molecule has 0 saturated carbocycles. The van der Waals surface area contributed by atoms with Crippen molar-refractivity contribution >= 4 is 27.8 Å². The number of carboxylic acid groups (broad SMARTS) is 1. The SMILES string of the molecule is CN1C(=O)c2ccccc2[C@H](C(=O)O)[C@H]1c1ccc(Br)cc1. The molecule has 1 aliphatic rings. The van der Waals surface area contributed by atoms with Crippen molar-refractivity contribution in [1.82, 2.24) is 4.90 Å². The molecular formula is C17H14BrNO3. The lowest BCUT2D eigenvalue weighted by Crippen LogP contribution is -2.42. The Labute approximate surface area is 136 Å². The second-order valence-corrected chi connectivity index (χ2v) is 6.23. The predicted molar refractivity (Wildman–Crippen MR) is 85.8 cm³/mol. The Bertz CT molecular complexity index is 742. The molecule has 3 rings (SSSR count). The van der Waals surface area contributed by atoms with E-state index in [1.54, 1.807) is 31.3 Å². The number of carbonyl (C=O) groups is 2. The van der Waals surface area contributed by atoms with Gasteiger partial charge in [0, 0.05) is 17.1 Å². The molecule has 2 aromatic carbocycles. The third-order valence-electron chi connectivity index (χ3n) is 4.06. The summed E-state index contributed by atoms with van der Waals surface area (Å²) in [7, 11) is 1.65. The van der Waals surface area contributed by atoms with Crippen LogP contribution in [0.5, 0.6) is 0 Å². The quantitative estimate of drug-likeness (QED) is 0.893. The van der Waals surface area contributed by atoms with Crippen molar-refractivity contribution in [1.29, 1.82) is 0 Å². The van der Waals surface area contributed by atoms with Crippen molar-refractivity contribution in [2.45, 2.75) is 12.0 Å². The van der Waals surface area contributed by atoms with Gasteiger partial charge in [-0.15, -0.1) is 0 Å². The van der Waals surface area contributed by atoms with Gasteiger partial charge in [0.05, 0.1) is 6.04 Å². The maximum atomic E-state index is 12.6. The summed E-state index contributed by atoms with van der Waals surface area (Å²) in [6.07, 6.45) is 0. The van der Waals surface area contributed by atoms with Gasteiger partial charge in [-0.05, 0) is 29.3 Å². The summed E-state index contributed by atoms with van der Waals surface area (Å²) in [6.45, 7) is 0. The van der Waals surface area contributed by atoms with Gasteiger partial charge in [0.15, 0.2) is 0 Å². The first-order chi connectivity index (χ1) is 10.5. The van der Waals surface area contributed by atoms with Gasteiger partial charge < -0.3 is 10.0 Å². The van der Waals surface area contributed by atoms with Crippen LogP contribution in [0.2, 0.25) is 0 Å². The number of benzene rings is 2. The van der Waals surface area contributed by atoms with Crippen LogP contribution in [-0.4, -0.2) is 28.9 Å². The molecule has 22 heavy (non-hydrogen) atoms. The van der Waals surface area contributed by atoms with Gasteiger partial charge in [-0.3, -0.25) is 9.59 Å². The van der Waals surface area contributed by atoms with Gasteiger partial charge in [-0.2, -0.15) is 0 Å². The maximum absolute atomic E-state index is 12.6. The summed E-state index contributed by atoms with van der Waals surface area (Å²) in [4.78, 5) is 26.0. The molecule has 0 spiro atoms. The van der Waals surface area contributed by atoms with Crippen LogP contribution in [0.3, 0.4) is 0 Å². The molecule has 0 aliphatic carbocycles. The number of fused-ring (bicyclic) bond motifs is 1. The van der Waals surface area contributed by atoms with Crippen LogP contribution in [0, 0.1) is 0 Å². The van der Waals surface area contributed by atoms with E-state index in [-0.39, 0.29) is 5.91 Å². The lowest BCUT2D eigenvalue weighted by Gasteiger charge is -2.38. The zero-order valence-corrected chi connectivity index (χ0v) is 13.4. The normalized spacial score (nSPS) is 20.6. The molecule has 0 saturated heterocycles. The molecule has 112 valence electrons. The van der Waals surface area contributed by atoms with E-state index >= 15 is 0 Å². The predicted octanol–water partition coefficient (Wildman–Crippen LogP) is 3.44. The van der Waals surface area contributed by atoms with Crippen LogP contribution in [0.4, 0.5) is 0 Å². The smallest absolute Gasteiger partial charge is 0.313 e. The third-order valence-corrected chi connectivity index (χ3v) is 4.59. The number of nitrogens with zero attached hydrogens (tertiary/aromatic N) is 1. The Kier molecular flexibility index (Phi) is 3.74. The molecule has 0 radical (unpaired) electrons. The van der Waals surface area contributed by atoms with E-state index in [1.165, 1.54) is 4.90 Å². The average molecular weight is 360 g/mol. The van der Waals surface area contributed by atoms with E-state index in [1.807, 2.05) is 24.3 Å². The molecule has 2 atom stereocenters. The molecule has 1 amide bonds. The van der Waals surface area contributed by atoms with Crippen LogP contribution >= 0.6 is 15.9 Å². The van der Waals surface area contributed by atoms with Crippen molar-refractivity contribution in [3.05, 3.63) is 69.7 Å². The second-order valence-electron chi connectivity index (χ2n) is 5.32. The van der Waals surface area contributed by atoms with Crippen molar-refractivity contribution in [2.24, 2.45) is 0 Å². The first-order valence-electron chi connectivity index (χ1n) is 6.85. The molecule has 2 aromatic rings. The van der Waals surface area contributed by atoms with Gasteiger partial charge in [0.25, 0.3) is 5.91 Å². The van der Waals surface area contributed by atoms with E-state index in [4.69, 9.17) is 0 Å². The fraction of sp³-hybridized carbons (Fsp3) is 0.176. The standard InChI is InChI=1S/C17H14BrNO3/c1-19-15(10-6-8-11(18)9-7-10)14(17(21)22)12-4-2-3-5-13(12)16(19)20/h2-9,14-15H,1H3,(H,21,22)/t14-,15+/m0/s1. The number of likely N-dealkylation sites (N-methyl/N-ethyl adjacent to an activating group) is 1. The molecule has 5 heteroatoms. The Morgan fingerprint density at radius 2 is 1.77 bits per heavy atom. The number of aliphatic carboxylic acids is 1. The lowest BCUT2D eigenvalue weighted by molar-refractivity contribution is -0.140. The van der Waals surface area contributed by atoms with Crippen molar-refractivity contribution in [3.8, 4) is 0 Å². The van der Waals surface area contributed by atoms with Crippen molar-refractivity contribution in [2.75, 3.05) is 7.05 Å². The Hall–Kier alpha value is -2.14. The molecule has 0 aromatic heterocycles. The lowest BCUT2D eigenvalue weighted by atomic mass is 9.80. The fourth-order valence-electron chi connectivity index (χ4n) is 3.02. The fourth-order valence-corrected chi connectivity index (χ4v) is 3.28. The molecule has 1 heterocycles. The van der Waals surface area contributed by atoms with Gasteiger partial charge in [-0.25, -0.2) is 0 Å². The first-order valence-corrected chi connectivity index (χ1v) is 7.64. The number of carboxylic acids is 1. The number of hydrogen-bond donors (Lipinski definition) is 1. The molecule has 4 nitrogen and oxygen atoms in total. The zero-order valence-electron chi connectivity index (χ0n) is 11.9. The van der Waals surface area contributed by atoms with Gasteiger partial charge in [0.2, 0.25) is 0 Å². The summed E-state index contributed by atoms with van der Waals surface area (Å²) in [5.74, 6) is -1.86. The highest BCUT2D eigenvalue weighted by atomic mass is 79.9. The first kappa shape index (κ1) is 14.8. The maximum Gasteiger partial charge on any atom is 0.313 e.